The van der Waals surface area contributed by atoms with Gasteiger partial charge in [0.2, 0.25) is 11.8 Å². The summed E-state index contributed by atoms with van der Waals surface area (Å²) in [6.07, 6.45) is 14.8. The molecule has 0 saturated heterocycles. The molecule has 0 unspecified atom stereocenters. The van der Waals surface area contributed by atoms with Gasteiger partial charge in [-0.25, -0.2) is 0 Å². The molecule has 5 N–H and O–H groups in total. The molecule has 0 heterocycles. The van der Waals surface area contributed by atoms with Crippen LogP contribution in [0.5, 0.6) is 0 Å². The largest absolute Gasteiger partial charge is 0.344 e. The lowest BCUT2D eigenvalue weighted by molar-refractivity contribution is -0.135. The van der Waals surface area contributed by atoms with Crippen molar-refractivity contribution < 1.29 is 9.59 Å². The van der Waals surface area contributed by atoms with E-state index in [0.29, 0.717) is 31.9 Å². The van der Waals surface area contributed by atoms with Crippen LogP contribution in [0, 0.1) is 0 Å². The van der Waals surface area contributed by atoms with E-state index >= 15 is 0 Å². The predicted octanol–water partition coefficient (Wildman–Crippen LogP) is 3.67. The maximum atomic E-state index is 12.9. The number of carbonyl (C=O) groups is 2. The van der Waals surface area contributed by atoms with Crippen LogP contribution in [0.2, 0.25) is 0 Å². The number of thioether (sulfide) groups is 1. The van der Waals surface area contributed by atoms with Gasteiger partial charge in [0.15, 0.2) is 0 Å². The van der Waals surface area contributed by atoms with E-state index < -0.39 is 6.04 Å². The number of nitrogens with two attached hydrogens (primary N) is 2. The molecule has 0 aliphatic carbocycles. The van der Waals surface area contributed by atoms with E-state index in [1.807, 2.05) is 0 Å². The summed E-state index contributed by atoms with van der Waals surface area (Å²) in [5.74, 6) is 1.48. The van der Waals surface area contributed by atoms with Gasteiger partial charge in [-0.3, -0.25) is 9.59 Å². The summed E-state index contributed by atoms with van der Waals surface area (Å²) in [4.78, 5) is 26.3. The second-order valence-electron chi connectivity index (χ2n) is 8.12. The highest BCUT2D eigenvalue weighted by molar-refractivity contribution is 7.99. The van der Waals surface area contributed by atoms with Crippen LogP contribution in [-0.4, -0.2) is 60.4 Å². The summed E-state index contributed by atoms with van der Waals surface area (Å²) >= 11 is 1.76. The third kappa shape index (κ3) is 16.9. The Morgan fingerprint density at radius 3 is 1.80 bits per heavy atom. The molecule has 0 fully saturated rings. The topological polar surface area (TPSA) is 101 Å². The van der Waals surface area contributed by atoms with Crippen molar-refractivity contribution in [3.8, 4) is 0 Å². The fraction of sp³-hybridized carbons (Fsp3) is 0.913. The van der Waals surface area contributed by atoms with E-state index in [1.165, 1.54) is 71.1 Å². The Morgan fingerprint density at radius 1 is 0.833 bits per heavy atom. The van der Waals surface area contributed by atoms with Gasteiger partial charge in [-0.05, 0) is 38.1 Å². The molecular formula is C23H48N4O2S. The van der Waals surface area contributed by atoms with E-state index in [2.05, 4.69) is 12.2 Å². The van der Waals surface area contributed by atoms with Crippen molar-refractivity contribution in [1.82, 2.24) is 10.2 Å². The lowest BCUT2D eigenvalue weighted by atomic mass is 10.1. The maximum absolute atomic E-state index is 12.9. The van der Waals surface area contributed by atoms with Crippen molar-refractivity contribution in [3.63, 3.8) is 0 Å². The second kappa shape index (κ2) is 21.4. The van der Waals surface area contributed by atoms with Crippen LogP contribution in [0.15, 0.2) is 0 Å². The summed E-state index contributed by atoms with van der Waals surface area (Å²) in [6, 6.07) is -0.467. The van der Waals surface area contributed by atoms with Crippen LogP contribution >= 0.6 is 11.8 Å². The lowest BCUT2D eigenvalue weighted by Crippen LogP contribution is -2.50. The fourth-order valence-corrected chi connectivity index (χ4v) is 4.47. The summed E-state index contributed by atoms with van der Waals surface area (Å²) in [5, 5.41) is 2.84. The number of nitrogens with zero attached hydrogens (tertiary/aromatic N) is 1. The molecule has 0 aliphatic heterocycles. The minimum absolute atomic E-state index is 0.0114. The zero-order chi connectivity index (χ0) is 22.5. The Bertz CT molecular complexity index is 416. The molecule has 7 heteroatoms. The van der Waals surface area contributed by atoms with E-state index in [1.54, 1.807) is 16.7 Å². The number of carbonyl (C=O) groups excluding carboxylic acids is 2. The smallest absolute Gasteiger partial charge is 0.246 e. The minimum atomic E-state index is -0.467. The number of amides is 2. The first-order chi connectivity index (χ1) is 14.6. The number of unbranched alkanes of at least 4 members (excludes halogenated alkanes) is 9. The van der Waals surface area contributed by atoms with Crippen molar-refractivity contribution in [3.05, 3.63) is 0 Å². The molecule has 178 valence electrons. The Hall–Kier alpha value is -0.790. The summed E-state index contributed by atoms with van der Waals surface area (Å²) in [5.41, 5.74) is 11.2. The first-order valence-corrected chi connectivity index (χ1v) is 13.3. The summed E-state index contributed by atoms with van der Waals surface area (Å²) in [6.45, 7) is 6.06. The van der Waals surface area contributed by atoms with Crippen molar-refractivity contribution in [2.45, 2.75) is 96.9 Å². The Morgan fingerprint density at radius 2 is 1.33 bits per heavy atom. The van der Waals surface area contributed by atoms with E-state index in [-0.39, 0.29) is 11.8 Å². The highest BCUT2D eigenvalue weighted by Crippen LogP contribution is 2.14. The number of nitrogens with one attached hydrogen (secondary N) is 1. The maximum Gasteiger partial charge on any atom is 0.246 e. The fourth-order valence-electron chi connectivity index (χ4n) is 3.43. The molecule has 0 rings (SSSR count). The average molecular weight is 445 g/mol. The molecule has 0 spiro atoms. The SMILES string of the molecule is CCCCCCCCCCCCSC[C@@H](NC(C)=O)C(=O)N(CCCN)CCCN. The molecular weight excluding hydrogens is 396 g/mol. The molecule has 30 heavy (non-hydrogen) atoms. The van der Waals surface area contributed by atoms with Crippen molar-refractivity contribution in [2.24, 2.45) is 11.5 Å². The van der Waals surface area contributed by atoms with Crippen LogP contribution in [0.3, 0.4) is 0 Å². The van der Waals surface area contributed by atoms with Gasteiger partial charge in [-0.15, -0.1) is 0 Å². The zero-order valence-electron chi connectivity index (χ0n) is 19.6. The molecule has 0 aliphatic rings. The molecule has 1 atom stereocenters. The number of rotatable bonds is 21. The van der Waals surface area contributed by atoms with Crippen molar-refractivity contribution in [1.29, 1.82) is 0 Å². The van der Waals surface area contributed by atoms with Crippen LogP contribution < -0.4 is 16.8 Å². The number of hydrogen-bond donors (Lipinski definition) is 3. The molecule has 0 aromatic rings. The molecule has 2 amide bonds. The Labute approximate surface area is 189 Å². The van der Waals surface area contributed by atoms with Gasteiger partial charge in [0, 0.05) is 25.8 Å². The normalized spacial score (nSPS) is 12.0. The molecule has 0 bridgehead atoms. The number of hydrogen-bond acceptors (Lipinski definition) is 5. The molecule has 6 nitrogen and oxygen atoms in total. The predicted molar refractivity (Wildman–Crippen MR) is 131 cm³/mol. The van der Waals surface area contributed by atoms with E-state index in [4.69, 9.17) is 11.5 Å². The first-order valence-electron chi connectivity index (χ1n) is 12.1. The minimum Gasteiger partial charge on any atom is -0.344 e. The van der Waals surface area contributed by atoms with Gasteiger partial charge in [0.1, 0.15) is 6.04 Å². The third-order valence-electron chi connectivity index (χ3n) is 5.18. The Balaban J connectivity index is 4.12. The van der Waals surface area contributed by atoms with Gasteiger partial charge < -0.3 is 21.7 Å². The lowest BCUT2D eigenvalue weighted by Gasteiger charge is -2.27. The van der Waals surface area contributed by atoms with Crippen LogP contribution in [0.25, 0.3) is 0 Å². The van der Waals surface area contributed by atoms with E-state index in [0.717, 1.165) is 18.6 Å². The molecule has 0 radical (unpaired) electrons. The van der Waals surface area contributed by atoms with Gasteiger partial charge in [0.05, 0.1) is 0 Å². The van der Waals surface area contributed by atoms with Crippen LogP contribution in [0.4, 0.5) is 0 Å². The standard InChI is InChI=1S/C23H48N4O2S/c1-3-4-5-6-7-8-9-10-11-12-19-30-20-22(26-21(2)28)23(29)27(17-13-15-24)18-14-16-25/h22H,3-20,24-25H2,1-2H3,(H,26,28)/t22-/m1/s1. The molecule has 0 aromatic heterocycles. The average Bonchev–Trinajstić information content (AvgIpc) is 2.73. The second-order valence-corrected chi connectivity index (χ2v) is 9.27. The first kappa shape index (κ1) is 29.2. The van der Waals surface area contributed by atoms with Crippen LogP contribution in [-0.2, 0) is 9.59 Å². The summed E-state index contributed by atoms with van der Waals surface area (Å²) < 4.78 is 0. The zero-order valence-corrected chi connectivity index (χ0v) is 20.4. The van der Waals surface area contributed by atoms with Crippen molar-refractivity contribution >= 4 is 23.6 Å². The Kier molecular flexibility index (Phi) is 20.9. The molecule has 0 aromatic carbocycles. The van der Waals surface area contributed by atoms with Crippen LogP contribution in [0.1, 0.15) is 90.9 Å². The van der Waals surface area contributed by atoms with Gasteiger partial charge in [0.25, 0.3) is 0 Å². The highest BCUT2D eigenvalue weighted by Gasteiger charge is 2.24. The van der Waals surface area contributed by atoms with Crippen molar-refractivity contribution in [2.75, 3.05) is 37.7 Å². The van der Waals surface area contributed by atoms with Gasteiger partial charge >= 0.3 is 0 Å². The van der Waals surface area contributed by atoms with Gasteiger partial charge in [-0.1, -0.05) is 64.7 Å². The van der Waals surface area contributed by atoms with E-state index in [9.17, 15) is 9.59 Å². The molecule has 0 saturated carbocycles. The quantitative estimate of drug-likeness (QED) is 0.234. The summed E-state index contributed by atoms with van der Waals surface area (Å²) in [7, 11) is 0. The van der Waals surface area contributed by atoms with Gasteiger partial charge in [-0.2, -0.15) is 11.8 Å². The third-order valence-corrected chi connectivity index (χ3v) is 6.32. The highest BCUT2D eigenvalue weighted by atomic mass is 32.2. The monoisotopic (exact) mass is 444 g/mol.